The smallest absolute Gasteiger partial charge is 0.315 e. The molecule has 2 aromatic rings. The molecule has 1 aromatic heterocycles. The van der Waals surface area contributed by atoms with Crippen molar-refractivity contribution < 1.29 is 9.32 Å². The van der Waals surface area contributed by atoms with Crippen molar-refractivity contribution in [1.29, 1.82) is 0 Å². The van der Waals surface area contributed by atoms with Gasteiger partial charge >= 0.3 is 6.03 Å². The molecule has 0 aliphatic heterocycles. The van der Waals surface area contributed by atoms with Gasteiger partial charge in [-0.15, -0.1) is 0 Å². The third kappa shape index (κ3) is 3.24. The highest BCUT2D eigenvalue weighted by atomic mass is 16.5. The molecule has 5 heteroatoms. The molecule has 1 aliphatic rings. The molecule has 0 radical (unpaired) electrons. The van der Waals surface area contributed by atoms with Crippen LogP contribution in [0.15, 0.2) is 40.9 Å². The molecule has 1 fully saturated rings. The Hall–Kier alpha value is -2.30. The summed E-state index contributed by atoms with van der Waals surface area (Å²) in [4.78, 5) is 11.8. The van der Waals surface area contributed by atoms with Gasteiger partial charge in [-0.2, -0.15) is 0 Å². The number of benzene rings is 1. The van der Waals surface area contributed by atoms with E-state index in [0.29, 0.717) is 13.1 Å². The van der Waals surface area contributed by atoms with Crippen molar-refractivity contribution in [2.75, 3.05) is 6.54 Å². The van der Waals surface area contributed by atoms with Crippen molar-refractivity contribution in [3.63, 3.8) is 0 Å². The van der Waals surface area contributed by atoms with Gasteiger partial charge in [0.05, 0.1) is 6.54 Å². The number of carbonyl (C=O) groups excluding carboxylic acids is 1. The molecule has 1 heterocycles. The molecule has 2 N–H and O–H groups in total. The number of aromatic nitrogens is 1. The van der Waals surface area contributed by atoms with E-state index in [0.717, 1.165) is 24.3 Å². The Kier molecular flexibility index (Phi) is 3.64. The van der Waals surface area contributed by atoms with Crippen LogP contribution in [0.1, 0.15) is 29.9 Å². The standard InChI is InChI=1S/C16H19N3O2/c1-12-9-14(19-21-12)10-17-15(20)18-11-16(7-8-16)13-5-3-2-4-6-13/h2-6,9H,7-8,10-11H2,1H3,(H2,17,18,20). The highest BCUT2D eigenvalue weighted by Crippen LogP contribution is 2.47. The fourth-order valence-electron chi connectivity index (χ4n) is 2.49. The predicted molar refractivity (Wildman–Crippen MR) is 78.8 cm³/mol. The maximum Gasteiger partial charge on any atom is 0.315 e. The van der Waals surface area contributed by atoms with E-state index < -0.39 is 0 Å². The molecular weight excluding hydrogens is 266 g/mol. The molecule has 0 spiro atoms. The number of hydrogen-bond donors (Lipinski definition) is 2. The van der Waals surface area contributed by atoms with Crippen LogP contribution in [0.5, 0.6) is 0 Å². The van der Waals surface area contributed by atoms with Crippen molar-refractivity contribution in [2.24, 2.45) is 0 Å². The average molecular weight is 285 g/mol. The minimum absolute atomic E-state index is 0.128. The Labute approximate surface area is 123 Å². The van der Waals surface area contributed by atoms with E-state index in [4.69, 9.17) is 4.52 Å². The molecule has 0 saturated heterocycles. The molecule has 5 nitrogen and oxygen atoms in total. The summed E-state index contributed by atoms with van der Waals surface area (Å²) in [5.74, 6) is 0.744. The summed E-state index contributed by atoms with van der Waals surface area (Å²) in [7, 11) is 0. The zero-order valence-corrected chi connectivity index (χ0v) is 12.1. The zero-order chi connectivity index (χ0) is 14.7. The summed E-state index contributed by atoms with van der Waals surface area (Å²) in [6.07, 6.45) is 2.25. The van der Waals surface area contributed by atoms with Crippen molar-refractivity contribution >= 4 is 6.03 Å². The van der Waals surface area contributed by atoms with Crippen LogP contribution in [0.4, 0.5) is 4.79 Å². The minimum atomic E-state index is -0.169. The molecule has 21 heavy (non-hydrogen) atoms. The highest BCUT2D eigenvalue weighted by molar-refractivity contribution is 5.74. The van der Waals surface area contributed by atoms with Gasteiger partial charge in [-0.25, -0.2) is 4.79 Å². The second-order valence-electron chi connectivity index (χ2n) is 5.61. The van der Waals surface area contributed by atoms with Gasteiger partial charge in [-0.1, -0.05) is 35.5 Å². The van der Waals surface area contributed by atoms with Crippen LogP contribution in [0, 0.1) is 6.92 Å². The second-order valence-corrected chi connectivity index (χ2v) is 5.61. The first-order valence-electron chi connectivity index (χ1n) is 7.17. The van der Waals surface area contributed by atoms with E-state index in [1.54, 1.807) is 0 Å². The van der Waals surface area contributed by atoms with Crippen molar-refractivity contribution in [3.05, 3.63) is 53.4 Å². The molecule has 1 aliphatic carbocycles. The quantitative estimate of drug-likeness (QED) is 0.887. The number of rotatable bonds is 5. The number of nitrogens with zero attached hydrogens (tertiary/aromatic N) is 1. The number of nitrogens with one attached hydrogen (secondary N) is 2. The van der Waals surface area contributed by atoms with Crippen molar-refractivity contribution in [3.8, 4) is 0 Å². The Morgan fingerprint density at radius 3 is 2.67 bits per heavy atom. The molecule has 1 aromatic carbocycles. The molecule has 3 rings (SSSR count). The van der Waals surface area contributed by atoms with Crippen LogP contribution < -0.4 is 10.6 Å². The van der Waals surface area contributed by atoms with E-state index in [1.807, 2.05) is 31.2 Å². The fourth-order valence-corrected chi connectivity index (χ4v) is 2.49. The van der Waals surface area contributed by atoms with E-state index in [2.05, 4.69) is 27.9 Å². The number of amides is 2. The number of aryl methyl sites for hydroxylation is 1. The van der Waals surface area contributed by atoms with E-state index in [-0.39, 0.29) is 11.4 Å². The first-order valence-corrected chi connectivity index (χ1v) is 7.17. The fraction of sp³-hybridized carbons (Fsp3) is 0.375. The van der Waals surface area contributed by atoms with Gasteiger partial charge in [-0.05, 0) is 25.3 Å². The molecular formula is C16H19N3O2. The van der Waals surface area contributed by atoms with Gasteiger partial charge < -0.3 is 15.2 Å². The maximum absolute atomic E-state index is 11.8. The SMILES string of the molecule is Cc1cc(CNC(=O)NCC2(c3ccccc3)CC2)no1. The Morgan fingerprint density at radius 1 is 1.29 bits per heavy atom. The minimum Gasteiger partial charge on any atom is -0.361 e. The Bertz CT molecular complexity index is 617. The zero-order valence-electron chi connectivity index (χ0n) is 12.1. The number of hydrogen-bond acceptors (Lipinski definition) is 3. The third-order valence-corrected chi connectivity index (χ3v) is 3.93. The number of urea groups is 1. The van der Waals surface area contributed by atoms with Crippen LogP contribution in [0.3, 0.4) is 0 Å². The van der Waals surface area contributed by atoms with Crippen LogP contribution in [0.2, 0.25) is 0 Å². The Morgan fingerprint density at radius 2 is 2.05 bits per heavy atom. The van der Waals surface area contributed by atoms with Gasteiger partial charge in [0.2, 0.25) is 0 Å². The molecule has 1 saturated carbocycles. The lowest BCUT2D eigenvalue weighted by Crippen LogP contribution is -2.39. The normalized spacial score (nSPS) is 15.5. The predicted octanol–water partition coefficient (Wildman–Crippen LogP) is 2.51. The summed E-state index contributed by atoms with van der Waals surface area (Å²) >= 11 is 0. The van der Waals surface area contributed by atoms with E-state index >= 15 is 0 Å². The van der Waals surface area contributed by atoms with Crippen LogP contribution in [-0.4, -0.2) is 17.7 Å². The third-order valence-electron chi connectivity index (χ3n) is 3.93. The highest BCUT2D eigenvalue weighted by Gasteiger charge is 2.44. The first-order chi connectivity index (χ1) is 10.2. The van der Waals surface area contributed by atoms with E-state index in [9.17, 15) is 4.79 Å². The van der Waals surface area contributed by atoms with Crippen molar-refractivity contribution in [2.45, 2.75) is 31.7 Å². The molecule has 0 atom stereocenters. The van der Waals surface area contributed by atoms with Crippen LogP contribution >= 0.6 is 0 Å². The van der Waals surface area contributed by atoms with Gasteiger partial charge in [0.1, 0.15) is 11.5 Å². The van der Waals surface area contributed by atoms with Crippen LogP contribution in [0.25, 0.3) is 0 Å². The summed E-state index contributed by atoms with van der Waals surface area (Å²) in [5, 5.41) is 9.58. The summed E-state index contributed by atoms with van der Waals surface area (Å²) < 4.78 is 4.96. The lowest BCUT2D eigenvalue weighted by Gasteiger charge is -2.16. The average Bonchev–Trinajstić information content (AvgIpc) is 3.20. The van der Waals surface area contributed by atoms with Gasteiger partial charge in [0, 0.05) is 18.0 Å². The summed E-state index contributed by atoms with van der Waals surface area (Å²) in [6, 6.07) is 12.0. The van der Waals surface area contributed by atoms with Gasteiger partial charge in [0.15, 0.2) is 0 Å². The summed E-state index contributed by atoms with van der Waals surface area (Å²) in [5.41, 5.74) is 2.16. The molecule has 2 amide bonds. The lowest BCUT2D eigenvalue weighted by molar-refractivity contribution is 0.239. The largest absolute Gasteiger partial charge is 0.361 e. The number of carbonyl (C=O) groups is 1. The summed E-state index contributed by atoms with van der Waals surface area (Å²) in [6.45, 7) is 2.87. The monoisotopic (exact) mass is 285 g/mol. The molecule has 110 valence electrons. The van der Waals surface area contributed by atoms with Gasteiger partial charge in [-0.3, -0.25) is 0 Å². The first kappa shape index (κ1) is 13.7. The maximum atomic E-state index is 11.8. The topological polar surface area (TPSA) is 67.2 Å². The van der Waals surface area contributed by atoms with Crippen LogP contribution in [-0.2, 0) is 12.0 Å². The second kappa shape index (κ2) is 5.60. The van der Waals surface area contributed by atoms with E-state index in [1.165, 1.54) is 5.56 Å². The lowest BCUT2D eigenvalue weighted by atomic mass is 9.96. The molecule has 0 bridgehead atoms. The van der Waals surface area contributed by atoms with Crippen molar-refractivity contribution in [1.82, 2.24) is 15.8 Å². The Balaban J connectivity index is 1.48. The van der Waals surface area contributed by atoms with Gasteiger partial charge in [0.25, 0.3) is 0 Å². The molecule has 0 unspecified atom stereocenters.